The molecule has 12 heavy (non-hydrogen) atoms. The minimum Gasteiger partial charge on any atom is -0.313 e. The molecule has 0 aliphatic rings. The quantitative estimate of drug-likeness (QED) is 0.715. The first-order valence-electron chi connectivity index (χ1n) is 4.36. The van der Waals surface area contributed by atoms with E-state index < -0.39 is 14.7 Å². The maximum absolute atomic E-state index is 11.3. The molecule has 0 atom stereocenters. The Balaban J connectivity index is 4.62. The molecule has 74 valence electrons. The fraction of sp³-hybridized carbons (Fsp3) is 1.00. The Kier molecular flexibility index (Phi) is 4.20. The van der Waals surface area contributed by atoms with Gasteiger partial charge in [-0.3, -0.25) is 0 Å². The fourth-order valence-corrected chi connectivity index (χ4v) is 2.49. The van der Waals surface area contributed by atoms with Gasteiger partial charge in [-0.1, -0.05) is 26.7 Å². The molecule has 0 bridgehead atoms. The zero-order chi connectivity index (χ0) is 9.83. The van der Waals surface area contributed by atoms with Gasteiger partial charge in [0.2, 0.25) is 0 Å². The van der Waals surface area contributed by atoms with Crippen LogP contribution >= 0.6 is 0 Å². The van der Waals surface area contributed by atoms with Crippen LogP contribution in [0, 0.1) is 0 Å². The molecule has 0 aromatic carbocycles. The molecular weight excluding hydrogens is 174 g/mol. The maximum Gasteiger partial charge on any atom is 0.165 e. The Labute approximate surface area is 75.3 Å². The molecule has 0 saturated heterocycles. The molecule has 0 aliphatic carbocycles. The number of rotatable bonds is 5. The largest absolute Gasteiger partial charge is 0.313 e. The minimum absolute atomic E-state index is 0.555. The first-order valence-corrected chi connectivity index (χ1v) is 6.25. The van der Waals surface area contributed by atoms with Gasteiger partial charge in [-0.05, 0) is 12.8 Å². The van der Waals surface area contributed by atoms with Crippen LogP contribution in [-0.4, -0.2) is 19.5 Å². The summed E-state index contributed by atoms with van der Waals surface area (Å²) in [4.78, 5) is -0.990. The predicted octanol–water partition coefficient (Wildman–Crippen LogP) is 1.29. The van der Waals surface area contributed by atoms with E-state index >= 15 is 0 Å². The molecule has 0 heterocycles. The van der Waals surface area contributed by atoms with E-state index in [1.54, 1.807) is 0 Å². The Hall–Kier alpha value is -0.0900. The van der Waals surface area contributed by atoms with Gasteiger partial charge in [0.25, 0.3) is 0 Å². The molecule has 0 aliphatic heterocycles. The van der Waals surface area contributed by atoms with E-state index in [0.717, 1.165) is 12.8 Å². The highest BCUT2D eigenvalue weighted by molar-refractivity contribution is 7.92. The van der Waals surface area contributed by atoms with Crippen molar-refractivity contribution in [2.45, 2.75) is 44.4 Å². The van der Waals surface area contributed by atoms with Gasteiger partial charge in [-0.25, -0.2) is 8.42 Å². The van der Waals surface area contributed by atoms with E-state index in [4.69, 9.17) is 5.73 Å². The lowest BCUT2D eigenvalue weighted by molar-refractivity contribution is 0.457. The average Bonchev–Trinajstić information content (AvgIpc) is 1.86. The lowest BCUT2D eigenvalue weighted by Crippen LogP contribution is -2.46. The van der Waals surface area contributed by atoms with Gasteiger partial charge in [0, 0.05) is 6.26 Å². The summed E-state index contributed by atoms with van der Waals surface area (Å²) in [6.45, 7) is 3.89. The Morgan fingerprint density at radius 2 is 1.50 bits per heavy atom. The van der Waals surface area contributed by atoms with E-state index in [0.29, 0.717) is 12.8 Å². The number of sulfone groups is 1. The lowest BCUT2D eigenvalue weighted by atomic mass is 10.1. The fourth-order valence-electron chi connectivity index (χ4n) is 1.34. The molecule has 0 saturated carbocycles. The van der Waals surface area contributed by atoms with Gasteiger partial charge in [0.05, 0.1) is 0 Å². The van der Waals surface area contributed by atoms with E-state index in [2.05, 4.69) is 0 Å². The third-order valence-corrected chi connectivity index (χ3v) is 3.97. The second-order valence-electron chi connectivity index (χ2n) is 3.34. The van der Waals surface area contributed by atoms with Crippen LogP contribution in [-0.2, 0) is 9.84 Å². The molecule has 0 rings (SSSR count). The van der Waals surface area contributed by atoms with E-state index in [-0.39, 0.29) is 0 Å². The lowest BCUT2D eigenvalue weighted by Gasteiger charge is -2.26. The Morgan fingerprint density at radius 1 is 1.17 bits per heavy atom. The van der Waals surface area contributed by atoms with Crippen molar-refractivity contribution in [3.05, 3.63) is 0 Å². The molecule has 3 nitrogen and oxygen atoms in total. The summed E-state index contributed by atoms with van der Waals surface area (Å²) in [6.07, 6.45) is 3.95. The van der Waals surface area contributed by atoms with Crippen LogP contribution in [0.1, 0.15) is 39.5 Å². The molecule has 0 radical (unpaired) electrons. The zero-order valence-corrected chi connectivity index (χ0v) is 8.95. The summed E-state index contributed by atoms with van der Waals surface area (Å²) >= 11 is 0. The smallest absolute Gasteiger partial charge is 0.165 e. The van der Waals surface area contributed by atoms with Crippen molar-refractivity contribution in [2.75, 3.05) is 6.26 Å². The number of hydrogen-bond donors (Lipinski definition) is 1. The van der Waals surface area contributed by atoms with Crippen molar-refractivity contribution in [3.63, 3.8) is 0 Å². The zero-order valence-electron chi connectivity index (χ0n) is 8.13. The second kappa shape index (κ2) is 4.23. The van der Waals surface area contributed by atoms with Crippen LogP contribution in [0.3, 0.4) is 0 Å². The standard InChI is InChI=1S/C8H19NO2S/c1-4-6-8(9,7-5-2)12(3,10)11/h4-7,9H2,1-3H3. The van der Waals surface area contributed by atoms with Crippen molar-refractivity contribution >= 4 is 9.84 Å². The molecule has 0 aromatic rings. The summed E-state index contributed by atoms with van der Waals surface area (Å²) < 4.78 is 22.6. The van der Waals surface area contributed by atoms with Crippen LogP contribution in [0.5, 0.6) is 0 Å². The Morgan fingerprint density at radius 3 is 1.67 bits per heavy atom. The third kappa shape index (κ3) is 2.75. The highest BCUT2D eigenvalue weighted by Crippen LogP contribution is 2.22. The van der Waals surface area contributed by atoms with Gasteiger partial charge in [-0.2, -0.15) is 0 Å². The summed E-state index contributed by atoms with van der Waals surface area (Å²) in [6, 6.07) is 0. The van der Waals surface area contributed by atoms with Crippen molar-refractivity contribution < 1.29 is 8.42 Å². The molecule has 2 N–H and O–H groups in total. The van der Waals surface area contributed by atoms with Crippen LogP contribution < -0.4 is 5.73 Å². The molecule has 0 fully saturated rings. The van der Waals surface area contributed by atoms with Crippen molar-refractivity contribution in [1.29, 1.82) is 0 Å². The number of nitrogens with two attached hydrogens (primary N) is 1. The van der Waals surface area contributed by atoms with Gasteiger partial charge >= 0.3 is 0 Å². The summed E-state index contributed by atoms with van der Waals surface area (Å²) in [5.74, 6) is 0. The van der Waals surface area contributed by atoms with Gasteiger partial charge in [-0.15, -0.1) is 0 Å². The van der Waals surface area contributed by atoms with Crippen LogP contribution in [0.25, 0.3) is 0 Å². The molecule has 4 heteroatoms. The Bertz CT molecular complexity index is 215. The topological polar surface area (TPSA) is 60.2 Å². The van der Waals surface area contributed by atoms with Crippen LogP contribution in [0.15, 0.2) is 0 Å². The first-order chi connectivity index (χ1) is 5.37. The summed E-state index contributed by atoms with van der Waals surface area (Å²) in [5, 5.41) is 0. The molecule has 0 spiro atoms. The van der Waals surface area contributed by atoms with E-state index in [9.17, 15) is 8.42 Å². The minimum atomic E-state index is -3.11. The predicted molar refractivity (Wildman–Crippen MR) is 51.6 cm³/mol. The van der Waals surface area contributed by atoms with Gasteiger partial charge in [0.15, 0.2) is 9.84 Å². The van der Waals surface area contributed by atoms with Crippen molar-refractivity contribution in [3.8, 4) is 0 Å². The molecule has 0 amide bonds. The van der Waals surface area contributed by atoms with Gasteiger partial charge < -0.3 is 5.73 Å². The highest BCUT2D eigenvalue weighted by atomic mass is 32.2. The third-order valence-electron chi connectivity index (χ3n) is 2.08. The normalized spacial score (nSPS) is 13.3. The first kappa shape index (κ1) is 11.9. The van der Waals surface area contributed by atoms with Crippen LogP contribution in [0.4, 0.5) is 0 Å². The maximum atomic E-state index is 11.3. The average molecular weight is 193 g/mol. The SMILES string of the molecule is CCCC(N)(CCC)S(C)(=O)=O. The monoisotopic (exact) mass is 193 g/mol. The van der Waals surface area contributed by atoms with Crippen LogP contribution in [0.2, 0.25) is 0 Å². The van der Waals surface area contributed by atoms with Crippen molar-refractivity contribution in [1.82, 2.24) is 0 Å². The number of hydrogen-bond acceptors (Lipinski definition) is 3. The second-order valence-corrected chi connectivity index (χ2v) is 5.69. The van der Waals surface area contributed by atoms with E-state index in [1.807, 2.05) is 13.8 Å². The molecule has 0 aromatic heterocycles. The molecule has 0 unspecified atom stereocenters. The summed E-state index contributed by atoms with van der Waals surface area (Å²) in [5.41, 5.74) is 5.81. The van der Waals surface area contributed by atoms with Crippen molar-refractivity contribution in [2.24, 2.45) is 5.73 Å². The highest BCUT2D eigenvalue weighted by Gasteiger charge is 2.34. The molecular formula is C8H19NO2S. The summed E-state index contributed by atoms with van der Waals surface area (Å²) in [7, 11) is -3.11. The van der Waals surface area contributed by atoms with E-state index in [1.165, 1.54) is 6.26 Å². The van der Waals surface area contributed by atoms with Gasteiger partial charge in [0.1, 0.15) is 4.87 Å².